The van der Waals surface area contributed by atoms with Crippen LogP contribution in [0.25, 0.3) is 5.69 Å². The van der Waals surface area contributed by atoms with E-state index in [-0.39, 0.29) is 29.4 Å². The maximum atomic E-state index is 4.34. The number of aromatic nitrogens is 2. The van der Waals surface area contributed by atoms with Crippen LogP contribution in [0.2, 0.25) is 0 Å². The van der Waals surface area contributed by atoms with E-state index in [9.17, 15) is 0 Å². The van der Waals surface area contributed by atoms with Crippen molar-refractivity contribution in [2.24, 2.45) is 4.99 Å². The zero-order chi connectivity index (χ0) is 19.1. The van der Waals surface area contributed by atoms with Crippen molar-refractivity contribution in [1.29, 1.82) is 0 Å². The van der Waals surface area contributed by atoms with E-state index in [1.165, 1.54) is 11.1 Å². The van der Waals surface area contributed by atoms with Crippen LogP contribution in [-0.4, -0.2) is 29.3 Å². The van der Waals surface area contributed by atoms with Crippen LogP contribution in [0.15, 0.2) is 78.0 Å². The smallest absolute Gasteiger partial charge is 0.191 e. The van der Waals surface area contributed by atoms with Crippen molar-refractivity contribution >= 4 is 29.9 Å². The summed E-state index contributed by atoms with van der Waals surface area (Å²) in [5.41, 5.74) is 3.57. The fourth-order valence-electron chi connectivity index (χ4n) is 2.89. The average Bonchev–Trinajstić information content (AvgIpc) is 3.24. The van der Waals surface area contributed by atoms with Crippen molar-refractivity contribution in [3.05, 3.63) is 84.2 Å². The number of halogens is 1. The van der Waals surface area contributed by atoms with E-state index in [2.05, 4.69) is 83.1 Å². The molecule has 1 heterocycles. The Hall–Kier alpha value is -2.35. The summed E-state index contributed by atoms with van der Waals surface area (Å²) in [6, 6.07) is 20.8. The fraction of sp³-hybridized carbons (Fsp3) is 0.273. The highest BCUT2D eigenvalue weighted by Gasteiger charge is 2.20. The number of hydrogen-bond donors (Lipinski definition) is 2. The lowest BCUT2D eigenvalue weighted by Gasteiger charge is -2.26. The van der Waals surface area contributed by atoms with Crippen LogP contribution in [-0.2, 0) is 12.0 Å². The summed E-state index contributed by atoms with van der Waals surface area (Å²) in [6.45, 7) is 5.98. The SMILES string of the molecule is CN=C(NCc1ccc(-n2cccn2)cc1)NCC(C)(C)c1ccccc1.I. The Morgan fingerprint density at radius 1 is 1.00 bits per heavy atom. The molecule has 148 valence electrons. The van der Waals surface area contributed by atoms with Gasteiger partial charge in [-0.25, -0.2) is 4.68 Å². The van der Waals surface area contributed by atoms with Gasteiger partial charge in [-0.1, -0.05) is 56.3 Å². The van der Waals surface area contributed by atoms with Gasteiger partial charge in [0.25, 0.3) is 0 Å². The summed E-state index contributed by atoms with van der Waals surface area (Å²) in [6.07, 6.45) is 3.72. The predicted octanol–water partition coefficient (Wildman–Crippen LogP) is 4.13. The summed E-state index contributed by atoms with van der Waals surface area (Å²) in [5, 5.41) is 11.1. The molecule has 0 aliphatic heterocycles. The van der Waals surface area contributed by atoms with Gasteiger partial charge in [0, 0.05) is 37.9 Å². The molecule has 6 heteroatoms. The van der Waals surface area contributed by atoms with Gasteiger partial charge in [-0.3, -0.25) is 4.99 Å². The third-order valence-electron chi connectivity index (χ3n) is 4.64. The molecule has 0 unspecified atom stereocenters. The zero-order valence-electron chi connectivity index (χ0n) is 16.6. The molecule has 1 aromatic heterocycles. The molecule has 2 N–H and O–H groups in total. The minimum Gasteiger partial charge on any atom is -0.356 e. The van der Waals surface area contributed by atoms with Gasteiger partial charge in [0.05, 0.1) is 5.69 Å². The number of guanidine groups is 1. The molecule has 3 rings (SSSR count). The Kier molecular flexibility index (Phi) is 8.04. The summed E-state index contributed by atoms with van der Waals surface area (Å²) < 4.78 is 1.85. The first-order chi connectivity index (χ1) is 13.1. The van der Waals surface area contributed by atoms with Crippen molar-refractivity contribution in [2.45, 2.75) is 25.8 Å². The molecule has 5 nitrogen and oxygen atoms in total. The highest BCUT2D eigenvalue weighted by Crippen LogP contribution is 2.21. The van der Waals surface area contributed by atoms with Crippen molar-refractivity contribution < 1.29 is 0 Å². The van der Waals surface area contributed by atoms with Gasteiger partial charge in [0.1, 0.15) is 0 Å². The topological polar surface area (TPSA) is 54.2 Å². The minimum atomic E-state index is 0. The van der Waals surface area contributed by atoms with Gasteiger partial charge in [-0.2, -0.15) is 5.10 Å². The van der Waals surface area contributed by atoms with Crippen molar-refractivity contribution in [2.75, 3.05) is 13.6 Å². The van der Waals surface area contributed by atoms with E-state index < -0.39 is 0 Å². The fourth-order valence-corrected chi connectivity index (χ4v) is 2.89. The van der Waals surface area contributed by atoms with Gasteiger partial charge in [0.2, 0.25) is 0 Å². The molecule has 0 fully saturated rings. The predicted molar refractivity (Wildman–Crippen MR) is 127 cm³/mol. The molecule has 0 atom stereocenters. The molecular weight excluding hydrogens is 461 g/mol. The van der Waals surface area contributed by atoms with Crippen LogP contribution in [0.3, 0.4) is 0 Å². The second kappa shape index (κ2) is 10.3. The molecule has 3 aromatic rings. The Labute approximate surface area is 184 Å². The number of aliphatic imine (C=N–C) groups is 1. The second-order valence-electron chi connectivity index (χ2n) is 7.15. The number of nitrogens with zero attached hydrogens (tertiary/aromatic N) is 3. The van der Waals surface area contributed by atoms with E-state index in [0.29, 0.717) is 6.54 Å². The van der Waals surface area contributed by atoms with Gasteiger partial charge in [0.15, 0.2) is 5.96 Å². The number of benzene rings is 2. The summed E-state index contributed by atoms with van der Waals surface area (Å²) in [5.74, 6) is 0.801. The highest BCUT2D eigenvalue weighted by atomic mass is 127. The van der Waals surface area contributed by atoms with E-state index in [0.717, 1.165) is 18.2 Å². The zero-order valence-corrected chi connectivity index (χ0v) is 18.9. The quantitative estimate of drug-likeness (QED) is 0.311. The molecule has 0 saturated heterocycles. The molecular formula is C22H28IN5. The van der Waals surface area contributed by atoms with Crippen LogP contribution in [0, 0.1) is 0 Å². The van der Waals surface area contributed by atoms with Gasteiger partial charge < -0.3 is 10.6 Å². The summed E-state index contributed by atoms with van der Waals surface area (Å²) >= 11 is 0. The Balaban J connectivity index is 0.00000280. The second-order valence-corrected chi connectivity index (χ2v) is 7.15. The Morgan fingerprint density at radius 2 is 1.71 bits per heavy atom. The maximum absolute atomic E-state index is 4.34. The van der Waals surface area contributed by atoms with Gasteiger partial charge in [-0.05, 0) is 29.3 Å². The molecule has 2 aromatic carbocycles. The number of rotatable bonds is 6. The van der Waals surface area contributed by atoms with Crippen LogP contribution >= 0.6 is 24.0 Å². The first-order valence-corrected chi connectivity index (χ1v) is 9.17. The lowest BCUT2D eigenvalue weighted by molar-refractivity contribution is 0.508. The lowest BCUT2D eigenvalue weighted by atomic mass is 9.85. The first-order valence-electron chi connectivity index (χ1n) is 9.17. The minimum absolute atomic E-state index is 0. The van der Waals surface area contributed by atoms with E-state index >= 15 is 0 Å². The van der Waals surface area contributed by atoms with Crippen LogP contribution in [0.4, 0.5) is 0 Å². The normalized spacial score (nSPS) is 11.6. The van der Waals surface area contributed by atoms with E-state index in [4.69, 9.17) is 0 Å². The van der Waals surface area contributed by atoms with E-state index in [1.807, 2.05) is 23.0 Å². The largest absolute Gasteiger partial charge is 0.356 e. The van der Waals surface area contributed by atoms with Gasteiger partial charge >= 0.3 is 0 Å². The molecule has 28 heavy (non-hydrogen) atoms. The molecule has 0 saturated carbocycles. The third kappa shape index (κ3) is 5.82. The monoisotopic (exact) mass is 489 g/mol. The molecule has 0 amide bonds. The highest BCUT2D eigenvalue weighted by molar-refractivity contribution is 14.0. The third-order valence-corrected chi connectivity index (χ3v) is 4.64. The van der Waals surface area contributed by atoms with E-state index in [1.54, 1.807) is 13.2 Å². The molecule has 0 spiro atoms. The average molecular weight is 489 g/mol. The van der Waals surface area contributed by atoms with Crippen molar-refractivity contribution in [3.8, 4) is 5.69 Å². The van der Waals surface area contributed by atoms with Crippen LogP contribution in [0.5, 0.6) is 0 Å². The standard InChI is InChI=1S/C22H27N5.HI/c1-22(2,19-8-5-4-6-9-19)17-25-21(23-3)24-16-18-10-12-20(13-11-18)27-15-7-14-26-27;/h4-15H,16-17H2,1-3H3,(H2,23,24,25);1H. The van der Waals surface area contributed by atoms with Crippen LogP contribution < -0.4 is 10.6 Å². The summed E-state index contributed by atoms with van der Waals surface area (Å²) in [4.78, 5) is 4.34. The molecule has 0 aliphatic rings. The Bertz CT molecular complexity index is 856. The number of nitrogens with one attached hydrogen (secondary N) is 2. The summed E-state index contributed by atoms with van der Waals surface area (Å²) in [7, 11) is 1.80. The van der Waals surface area contributed by atoms with Gasteiger partial charge in [-0.15, -0.1) is 24.0 Å². The molecule has 0 radical (unpaired) electrons. The van der Waals surface area contributed by atoms with Crippen molar-refractivity contribution in [3.63, 3.8) is 0 Å². The van der Waals surface area contributed by atoms with Crippen LogP contribution in [0.1, 0.15) is 25.0 Å². The maximum Gasteiger partial charge on any atom is 0.191 e. The Morgan fingerprint density at radius 3 is 2.32 bits per heavy atom. The molecule has 0 aliphatic carbocycles. The first kappa shape index (κ1) is 21.9. The number of hydrogen-bond acceptors (Lipinski definition) is 2. The lowest BCUT2D eigenvalue weighted by Crippen LogP contribution is -2.43. The van der Waals surface area contributed by atoms with Crippen molar-refractivity contribution in [1.82, 2.24) is 20.4 Å². The molecule has 0 bridgehead atoms.